The molecule has 0 bridgehead atoms. The number of hydrogen-bond donors (Lipinski definition) is 15. The van der Waals surface area contributed by atoms with Gasteiger partial charge in [0, 0.05) is 90.2 Å². The summed E-state index contributed by atoms with van der Waals surface area (Å²) in [7, 11) is 8.47. The quantitative estimate of drug-likeness (QED) is 0.0334. The molecule has 16 aromatic heterocycles. The van der Waals surface area contributed by atoms with E-state index in [-0.39, 0.29) is 101 Å². The predicted octanol–water partition coefficient (Wildman–Crippen LogP) is 11.2. The number of aromatic nitrogens is 24. The van der Waals surface area contributed by atoms with E-state index in [1.54, 1.807) is 216 Å². The molecule has 0 saturated carbocycles. The lowest BCUT2D eigenvalue weighted by Crippen LogP contribution is -2.20. The Morgan fingerprint density at radius 1 is 0.277 bits per heavy atom. The van der Waals surface area contributed by atoms with Gasteiger partial charge >= 0.3 is 12.4 Å². The summed E-state index contributed by atoms with van der Waals surface area (Å²) in [6, 6.07) is 40.5. The van der Waals surface area contributed by atoms with Crippen molar-refractivity contribution in [3.8, 4) is 5.88 Å². The predicted molar refractivity (Wildman–Crippen MR) is 535 cm³/mol. The van der Waals surface area contributed by atoms with Crippen LogP contribution in [0.5, 0.6) is 5.88 Å². The minimum Gasteiger partial charge on any atom is -0.479 e. The number of rotatable bonds is 19. The number of nitrogen functional groups attached to an aromatic ring is 7. The highest BCUT2D eigenvalue weighted by molar-refractivity contribution is 6.33. The van der Waals surface area contributed by atoms with Crippen molar-refractivity contribution < 1.29 is 69.4 Å². The van der Waals surface area contributed by atoms with Crippen molar-refractivity contribution in [1.29, 1.82) is 0 Å². The molecule has 148 heavy (non-hydrogen) atoms. The topological polar surface area (TPSA) is 740 Å². The van der Waals surface area contributed by atoms with E-state index in [9.17, 15) is 64.7 Å². The van der Waals surface area contributed by atoms with Crippen LogP contribution in [0.15, 0.2) is 239 Å². The number of nitrogens with two attached hydrogens (primary N) is 7. The number of pyridine rings is 8. The number of ether oxygens (including phenoxy) is 1. The number of amides is 8. The van der Waals surface area contributed by atoms with Crippen LogP contribution in [-0.4, -0.2) is 202 Å². The molecule has 760 valence electrons. The summed E-state index contributed by atoms with van der Waals surface area (Å²) in [5, 5.41) is 20.4. The van der Waals surface area contributed by atoms with Crippen LogP contribution in [0.2, 0.25) is 20.6 Å². The number of carbonyl (C=O) groups is 8. The molecule has 22 N–H and O–H groups in total. The molecule has 0 saturated heterocycles. The van der Waals surface area contributed by atoms with Gasteiger partial charge in [-0.2, -0.15) is 31.3 Å². The standard InChI is InChI=1S/C12H13ClN6O.C12H12ClN5O.C11H10ClN5O2.2C11H8F3N5O.C11H11N5O.C10H8ClN5O.C10H9N5O/c1-19(2)11-9(13)17-8(10(14)18-11)12(20)16-7-5-3-4-6-15-7;1-18(2)11-10(13)16-8(7-15-11)12(19)17-9-5-3-4-6-14-9;1-19-11-8(12)16-7(9(13)17-11)10(18)15-6-4-2-3-5-14-6;12-11(13,14)6-5-17-9(15)8(18-6)10(20)19-7-3-1-2-4-16-7;12-11(13,14)6-5-17-8(9(15)18-6)10(20)19-7-3-1-2-4-16-7;1-7-6-14-10(12)9(15-7)11(17)16-8-4-2-3-5-13-8;11-6-5-14-9(12)8(15-6)10(17)16-7-3-1-2-4-13-7;11-9-8(13-5-6-14-9)10(16)15-7-3-1-2-4-12-7/h3-6H,1-2H3,(H2,14,18)(H,15,16,20);3-7H,1-2H3,(H,14,17,19);2-5H,1H3,(H2,13,17)(H,14,15,18);1-5H,(H2,15,17)(H,16,19,20);1-5H,(H2,15,18)(H,16,19,20);2-6H,1H3,(H2,12,14)(H,13,16,17);1-5H,(H2,12,14)(H,13,16,17);1-6H,(H2,11,14)(H,12,15,16). The maximum Gasteiger partial charge on any atom is 0.434 e. The Labute approximate surface area is 851 Å². The number of carbonyl (C=O) groups excluding carboxylic acids is 8. The van der Waals surface area contributed by atoms with Gasteiger partial charge in [-0.15, -0.1) is 0 Å². The third kappa shape index (κ3) is 34.9. The molecule has 50 nitrogen and oxygen atoms in total. The van der Waals surface area contributed by atoms with Gasteiger partial charge in [-0.3, -0.25) is 38.4 Å². The second-order valence-electron chi connectivity index (χ2n) is 28.3. The summed E-state index contributed by atoms with van der Waals surface area (Å²) in [5.41, 5.74) is 36.0. The second-order valence-corrected chi connectivity index (χ2v) is 29.7. The van der Waals surface area contributed by atoms with Gasteiger partial charge in [0.05, 0.1) is 43.8 Å². The SMILES string of the molecule is CN(C)c1nc(N)c(C(=O)Nc2ccccn2)nc1Cl.CN(C)c1ncc(C(=O)Nc2ccccn2)nc1Cl.COc1nc(N)c(C(=O)Nc2ccccn2)nc1Cl.Cc1cnc(N)c(C(=O)Nc2ccccn2)n1.Nc1nc(C(F)(F)F)cnc1C(=O)Nc1ccccn1.Nc1ncc(C(F)(F)F)nc1C(=O)Nc1ccccn1.Nc1ncc(Cl)nc1C(=O)Nc1ccccn1.Nc1nccnc1C(=O)Nc1ccccn1. The Morgan fingerprint density at radius 3 is 0.912 bits per heavy atom. The van der Waals surface area contributed by atoms with Crippen molar-refractivity contribution >= 4 is 193 Å². The summed E-state index contributed by atoms with van der Waals surface area (Å²) >= 11 is 23.4. The van der Waals surface area contributed by atoms with E-state index < -0.39 is 94.0 Å². The van der Waals surface area contributed by atoms with E-state index in [4.69, 9.17) is 91.3 Å². The smallest absolute Gasteiger partial charge is 0.434 e. The Bertz CT molecular complexity index is 7140. The van der Waals surface area contributed by atoms with Crippen LogP contribution in [-0.2, 0) is 12.4 Å². The molecular formula is C88H79Cl4F6N41O9. The van der Waals surface area contributed by atoms with E-state index in [2.05, 4.69) is 162 Å². The number of aryl methyl sites for hydroxylation is 1. The summed E-state index contributed by atoms with van der Waals surface area (Å²) in [6.45, 7) is 1.74. The van der Waals surface area contributed by atoms with Crippen LogP contribution in [0, 0.1) is 6.92 Å². The summed E-state index contributed by atoms with van der Waals surface area (Å²) in [5.74, 6) is -1.51. The van der Waals surface area contributed by atoms with Crippen LogP contribution in [0.1, 0.15) is 101 Å². The summed E-state index contributed by atoms with van der Waals surface area (Å²) in [4.78, 5) is 190. The fraction of sp³-hybridized carbons (Fsp3) is 0.0909. The number of methoxy groups -OCH3 is 1. The first kappa shape index (κ1) is 112. The first-order valence-corrected chi connectivity index (χ1v) is 42.7. The van der Waals surface area contributed by atoms with E-state index in [0.29, 0.717) is 64.6 Å². The third-order valence-corrected chi connectivity index (χ3v) is 18.0. The minimum atomic E-state index is -4.71. The second kappa shape index (κ2) is 54.4. The molecule has 0 unspecified atom stereocenters. The van der Waals surface area contributed by atoms with Gasteiger partial charge in [-0.25, -0.2) is 115 Å². The molecule has 8 amide bonds. The highest BCUT2D eigenvalue weighted by Gasteiger charge is 2.36. The Hall–Kier alpha value is -19.7. The molecule has 0 aliphatic heterocycles. The first-order chi connectivity index (χ1) is 70.5. The van der Waals surface area contributed by atoms with Crippen molar-refractivity contribution in [1.82, 2.24) is 120 Å². The lowest BCUT2D eigenvalue weighted by Gasteiger charge is -2.14. The van der Waals surface area contributed by atoms with Crippen LogP contribution in [0.4, 0.5) is 125 Å². The lowest BCUT2D eigenvalue weighted by atomic mass is 10.3. The molecule has 0 aromatic carbocycles. The van der Waals surface area contributed by atoms with Crippen molar-refractivity contribution in [2.24, 2.45) is 0 Å². The van der Waals surface area contributed by atoms with Gasteiger partial charge in [0.1, 0.15) is 57.4 Å². The first-order valence-electron chi connectivity index (χ1n) is 41.2. The normalized spacial score (nSPS) is 10.3. The van der Waals surface area contributed by atoms with Crippen LogP contribution >= 0.6 is 46.4 Å². The molecule has 0 atom stereocenters. The molecule has 16 aromatic rings. The number of halogens is 10. The zero-order chi connectivity index (χ0) is 108. The zero-order valence-corrected chi connectivity index (χ0v) is 80.2. The number of alkyl halides is 6. The van der Waals surface area contributed by atoms with Gasteiger partial charge in [0.25, 0.3) is 53.1 Å². The van der Waals surface area contributed by atoms with Crippen molar-refractivity contribution in [2.45, 2.75) is 19.3 Å². The highest BCUT2D eigenvalue weighted by atomic mass is 35.5. The van der Waals surface area contributed by atoms with Gasteiger partial charge in [-0.05, 0) is 104 Å². The maximum absolute atomic E-state index is 12.5. The summed E-state index contributed by atoms with van der Waals surface area (Å²) in [6.07, 6.45) is 10.8. The summed E-state index contributed by atoms with van der Waals surface area (Å²) < 4.78 is 79.5. The average molecular weight is 2110 g/mol. The van der Waals surface area contributed by atoms with E-state index in [0.717, 1.165) is 0 Å². The Morgan fingerprint density at radius 2 is 0.568 bits per heavy atom. The minimum absolute atomic E-state index is 0.00605. The van der Waals surface area contributed by atoms with E-state index >= 15 is 0 Å². The molecule has 0 spiro atoms. The van der Waals surface area contributed by atoms with Crippen molar-refractivity contribution in [3.63, 3.8) is 0 Å². The zero-order valence-electron chi connectivity index (χ0n) is 77.1. The number of nitrogens with zero attached hydrogens (tertiary/aromatic N) is 26. The fourth-order valence-electron chi connectivity index (χ4n) is 10.4. The monoisotopic (exact) mass is 2110 g/mol. The Kier molecular flexibility index (Phi) is 41.1. The lowest BCUT2D eigenvalue weighted by molar-refractivity contribution is -0.142. The number of nitrogens with one attached hydrogen (secondary N) is 8. The highest BCUT2D eigenvalue weighted by Crippen LogP contribution is 2.31. The van der Waals surface area contributed by atoms with Crippen LogP contribution in [0.3, 0.4) is 0 Å². The maximum atomic E-state index is 12.5. The van der Waals surface area contributed by atoms with Crippen LogP contribution in [0.25, 0.3) is 0 Å². The number of hydrogen-bond acceptors (Lipinski definition) is 42. The fourth-order valence-corrected chi connectivity index (χ4v) is 11.3. The molecule has 16 rings (SSSR count). The average Bonchev–Trinajstić information content (AvgIpc) is 0.817. The van der Waals surface area contributed by atoms with E-state index in [1.807, 2.05) is 0 Å². The number of anilines is 17. The van der Waals surface area contributed by atoms with Gasteiger partial charge in [-0.1, -0.05) is 94.9 Å². The molecule has 0 aliphatic carbocycles. The van der Waals surface area contributed by atoms with Crippen molar-refractivity contribution in [3.05, 3.63) is 322 Å². The largest absolute Gasteiger partial charge is 0.479 e. The Balaban J connectivity index is 0.000000188. The van der Waals surface area contributed by atoms with Crippen molar-refractivity contribution in [2.75, 3.05) is 128 Å². The molecule has 0 radical (unpaired) electrons. The molecule has 16 heterocycles. The van der Waals surface area contributed by atoms with Gasteiger partial charge in [0.2, 0.25) is 0 Å². The third-order valence-electron chi connectivity index (χ3n) is 17.1. The molecule has 60 heteroatoms. The van der Waals surface area contributed by atoms with Crippen LogP contribution < -0.4 is 97.2 Å². The molecule has 0 fully saturated rings. The van der Waals surface area contributed by atoms with E-state index in [1.165, 1.54) is 62.6 Å². The molecular weight excluding hydrogens is 2030 g/mol. The molecule has 0 aliphatic rings. The van der Waals surface area contributed by atoms with Gasteiger partial charge in [0.15, 0.2) is 119 Å². The van der Waals surface area contributed by atoms with Gasteiger partial charge < -0.3 is 97.2 Å².